The number of aromatic hydroxyl groups is 1. The van der Waals surface area contributed by atoms with Gasteiger partial charge in [0.05, 0.1) is 6.54 Å². The number of phenols is 1. The van der Waals surface area contributed by atoms with Crippen LogP contribution in [0.5, 0.6) is 11.5 Å². The largest absolute Gasteiger partial charge is 0.508 e. The van der Waals surface area contributed by atoms with E-state index >= 15 is 0 Å². The summed E-state index contributed by atoms with van der Waals surface area (Å²) in [5.41, 5.74) is 0.835. The van der Waals surface area contributed by atoms with E-state index < -0.39 is 18.2 Å². The molecule has 8 heteroatoms. The van der Waals surface area contributed by atoms with Crippen molar-refractivity contribution in [3.8, 4) is 11.5 Å². The molecular weight excluding hydrogens is 422 g/mol. The summed E-state index contributed by atoms with van der Waals surface area (Å²) in [5, 5.41) is 14.0. The quantitative estimate of drug-likeness (QED) is 0.645. The molecule has 0 spiro atoms. The number of carbonyl (C=O) groups excluding carboxylic acids is 3. The minimum atomic E-state index is -0.748. The molecule has 0 aromatic heterocycles. The van der Waals surface area contributed by atoms with Gasteiger partial charge in [-0.3, -0.25) is 9.59 Å². The van der Waals surface area contributed by atoms with Crippen LogP contribution < -0.4 is 10.1 Å². The Labute approximate surface area is 190 Å². The second-order valence-corrected chi connectivity index (χ2v) is 8.27. The number of nitrogens with one attached hydrogen (secondary N) is 1. The lowest BCUT2D eigenvalue weighted by atomic mass is 9.98. The molecular formula is C25H23N3O5. The number of carbonyl (C=O) groups is 3. The minimum Gasteiger partial charge on any atom is -0.508 e. The number of benzene rings is 3. The maximum absolute atomic E-state index is 13.0. The molecule has 3 aromatic rings. The maximum Gasteiger partial charge on any atom is 0.415 e. The van der Waals surface area contributed by atoms with Gasteiger partial charge in [0.15, 0.2) is 0 Å². The lowest BCUT2D eigenvalue weighted by Crippen LogP contribution is -2.70. The van der Waals surface area contributed by atoms with Crippen LogP contribution in [0.15, 0.2) is 66.7 Å². The van der Waals surface area contributed by atoms with E-state index in [0.29, 0.717) is 12.2 Å². The molecule has 2 atom stereocenters. The number of piperazine rings is 2. The molecule has 0 saturated carbocycles. The molecule has 2 aliphatic rings. The zero-order valence-corrected chi connectivity index (χ0v) is 17.8. The fraction of sp³-hybridized carbons (Fsp3) is 0.240. The molecule has 0 aliphatic carbocycles. The maximum atomic E-state index is 13.0. The van der Waals surface area contributed by atoms with Gasteiger partial charge in [0.1, 0.15) is 23.6 Å². The Balaban J connectivity index is 1.26. The van der Waals surface area contributed by atoms with Crippen molar-refractivity contribution >= 4 is 28.7 Å². The Morgan fingerprint density at radius 2 is 1.76 bits per heavy atom. The molecule has 3 aromatic carbocycles. The number of hydrogen-bond acceptors (Lipinski definition) is 5. The Morgan fingerprint density at radius 3 is 2.58 bits per heavy atom. The number of rotatable bonds is 3. The van der Waals surface area contributed by atoms with Crippen molar-refractivity contribution in [3.05, 3.63) is 72.3 Å². The number of amides is 3. The molecule has 2 fully saturated rings. The smallest absolute Gasteiger partial charge is 0.415 e. The zero-order valence-electron chi connectivity index (χ0n) is 17.8. The predicted molar refractivity (Wildman–Crippen MR) is 121 cm³/mol. The second-order valence-electron chi connectivity index (χ2n) is 8.27. The van der Waals surface area contributed by atoms with Crippen LogP contribution in [0.4, 0.5) is 4.79 Å². The van der Waals surface area contributed by atoms with Crippen molar-refractivity contribution in [2.45, 2.75) is 18.5 Å². The molecule has 0 bridgehead atoms. The van der Waals surface area contributed by atoms with Crippen molar-refractivity contribution in [2.24, 2.45) is 0 Å². The first-order valence-electron chi connectivity index (χ1n) is 10.8. The normalized spacial score (nSPS) is 20.4. The molecule has 8 nitrogen and oxygen atoms in total. The highest BCUT2D eigenvalue weighted by atomic mass is 16.6. The van der Waals surface area contributed by atoms with Crippen molar-refractivity contribution < 1.29 is 24.2 Å². The Kier molecular flexibility index (Phi) is 5.34. The first-order valence-corrected chi connectivity index (χ1v) is 10.8. The van der Waals surface area contributed by atoms with Gasteiger partial charge in [-0.15, -0.1) is 0 Å². The summed E-state index contributed by atoms with van der Waals surface area (Å²) in [6.45, 7) is 0.617. The van der Waals surface area contributed by atoms with Crippen molar-refractivity contribution in [2.75, 3.05) is 19.6 Å². The Morgan fingerprint density at radius 1 is 1.00 bits per heavy atom. The van der Waals surface area contributed by atoms with Crippen LogP contribution in [0.2, 0.25) is 0 Å². The highest BCUT2D eigenvalue weighted by molar-refractivity contribution is 5.98. The number of nitrogens with zero attached hydrogens (tertiary/aromatic N) is 2. The third-order valence-electron chi connectivity index (χ3n) is 6.16. The summed E-state index contributed by atoms with van der Waals surface area (Å²) >= 11 is 0. The van der Waals surface area contributed by atoms with Crippen LogP contribution in [-0.4, -0.2) is 64.5 Å². The van der Waals surface area contributed by atoms with E-state index in [-0.39, 0.29) is 37.2 Å². The molecule has 2 saturated heterocycles. The summed E-state index contributed by atoms with van der Waals surface area (Å²) in [7, 11) is 0. The van der Waals surface area contributed by atoms with Gasteiger partial charge < -0.3 is 25.0 Å². The third-order valence-corrected chi connectivity index (χ3v) is 6.16. The van der Waals surface area contributed by atoms with E-state index in [1.54, 1.807) is 35.2 Å². The number of phenolic OH excluding ortho intramolecular Hbond substituents is 1. The van der Waals surface area contributed by atoms with Gasteiger partial charge in [0.2, 0.25) is 11.8 Å². The fourth-order valence-corrected chi connectivity index (χ4v) is 4.42. The summed E-state index contributed by atoms with van der Waals surface area (Å²) < 4.78 is 5.65. The van der Waals surface area contributed by atoms with Crippen LogP contribution >= 0.6 is 0 Å². The number of ether oxygens (including phenoxy) is 1. The third kappa shape index (κ3) is 4.07. The zero-order chi connectivity index (χ0) is 22.9. The molecule has 0 unspecified atom stereocenters. The summed E-state index contributed by atoms with van der Waals surface area (Å²) in [6.07, 6.45) is -0.210. The lowest BCUT2D eigenvalue weighted by Gasteiger charge is -2.44. The molecule has 168 valence electrons. The summed E-state index contributed by atoms with van der Waals surface area (Å²) in [4.78, 5) is 41.7. The standard InChI is InChI=1S/C25H23N3O5/c29-18-10-8-16(9-11-18)14-20-24(31)28-13-12-27(15-21(28)23(30)26-20)25(32)33-22-7-3-5-17-4-1-2-6-19(17)22/h1-11,20-21,29H,12-15H2,(H,26,30)/t20-,21+/m0/s1. The van der Waals surface area contributed by atoms with Crippen LogP contribution in [0, 0.1) is 0 Å². The topological polar surface area (TPSA) is 99.2 Å². The van der Waals surface area contributed by atoms with Gasteiger partial charge in [-0.1, -0.05) is 48.5 Å². The average Bonchev–Trinajstić information content (AvgIpc) is 2.83. The Bertz CT molecular complexity index is 1220. The number of hydrogen-bond donors (Lipinski definition) is 2. The Hall–Kier alpha value is -4.07. The van der Waals surface area contributed by atoms with E-state index in [9.17, 15) is 19.5 Å². The fourth-order valence-electron chi connectivity index (χ4n) is 4.42. The van der Waals surface area contributed by atoms with Gasteiger partial charge in [-0.25, -0.2) is 4.79 Å². The van der Waals surface area contributed by atoms with Gasteiger partial charge >= 0.3 is 6.09 Å². The molecule has 3 amide bonds. The van der Waals surface area contributed by atoms with Gasteiger partial charge in [0, 0.05) is 24.9 Å². The van der Waals surface area contributed by atoms with Gasteiger partial charge in [-0.2, -0.15) is 0 Å². The van der Waals surface area contributed by atoms with E-state index in [0.717, 1.165) is 16.3 Å². The highest BCUT2D eigenvalue weighted by Gasteiger charge is 2.44. The minimum absolute atomic E-state index is 0.0765. The van der Waals surface area contributed by atoms with Crippen molar-refractivity contribution in [3.63, 3.8) is 0 Å². The average molecular weight is 445 g/mol. The molecule has 0 radical (unpaired) electrons. The van der Waals surface area contributed by atoms with Crippen LogP contribution in [-0.2, 0) is 16.0 Å². The summed E-state index contributed by atoms with van der Waals surface area (Å²) in [5.74, 6) is 0.138. The van der Waals surface area contributed by atoms with E-state index in [4.69, 9.17) is 4.74 Å². The monoisotopic (exact) mass is 445 g/mol. The van der Waals surface area contributed by atoms with Crippen molar-refractivity contribution in [1.82, 2.24) is 15.1 Å². The van der Waals surface area contributed by atoms with Crippen LogP contribution in [0.3, 0.4) is 0 Å². The molecule has 33 heavy (non-hydrogen) atoms. The second kappa shape index (κ2) is 8.46. The lowest BCUT2D eigenvalue weighted by molar-refractivity contribution is -0.152. The van der Waals surface area contributed by atoms with Gasteiger partial charge in [-0.05, 0) is 29.1 Å². The first-order chi connectivity index (χ1) is 16.0. The molecule has 2 heterocycles. The van der Waals surface area contributed by atoms with Gasteiger partial charge in [0.25, 0.3) is 0 Å². The molecule has 2 aliphatic heterocycles. The van der Waals surface area contributed by atoms with Crippen LogP contribution in [0.1, 0.15) is 5.56 Å². The highest BCUT2D eigenvalue weighted by Crippen LogP contribution is 2.26. The molecule has 5 rings (SSSR count). The van der Waals surface area contributed by atoms with Crippen LogP contribution in [0.25, 0.3) is 10.8 Å². The van der Waals surface area contributed by atoms with E-state index in [1.807, 2.05) is 36.4 Å². The first kappa shape index (κ1) is 20.8. The molecule has 2 N–H and O–H groups in total. The predicted octanol–water partition coefficient (Wildman–Crippen LogP) is 2.30. The summed E-state index contributed by atoms with van der Waals surface area (Å²) in [6, 6.07) is 18.3. The van der Waals surface area contributed by atoms with Crippen molar-refractivity contribution in [1.29, 1.82) is 0 Å². The van der Waals surface area contributed by atoms with E-state index in [2.05, 4.69) is 5.32 Å². The number of fused-ring (bicyclic) bond motifs is 2. The SMILES string of the molecule is O=C1N[C@@H](Cc2ccc(O)cc2)C(=O)N2CCN(C(=O)Oc3cccc4ccccc34)C[C@H]12. The van der Waals surface area contributed by atoms with E-state index in [1.165, 1.54) is 4.90 Å².